The number of rotatable bonds is 5. The predicted octanol–water partition coefficient (Wildman–Crippen LogP) is 2.87. The second kappa shape index (κ2) is 6.43. The van der Waals surface area contributed by atoms with E-state index < -0.39 is 0 Å². The summed E-state index contributed by atoms with van der Waals surface area (Å²) < 4.78 is 13.4. The molecule has 0 saturated carbocycles. The highest BCUT2D eigenvalue weighted by molar-refractivity contribution is 7.09. The van der Waals surface area contributed by atoms with E-state index in [1.54, 1.807) is 36.3 Å². The molecule has 2 aromatic rings. The van der Waals surface area contributed by atoms with Crippen molar-refractivity contribution in [3.8, 4) is 0 Å². The van der Waals surface area contributed by atoms with Gasteiger partial charge < -0.3 is 4.90 Å². The van der Waals surface area contributed by atoms with Crippen molar-refractivity contribution in [1.82, 2.24) is 9.88 Å². The first-order valence-corrected chi connectivity index (χ1v) is 6.90. The summed E-state index contributed by atoms with van der Waals surface area (Å²) in [5.74, 6) is -0.253. The molecule has 1 aromatic carbocycles. The fourth-order valence-electron chi connectivity index (χ4n) is 1.76. The number of carbonyl (C=O) groups is 1. The van der Waals surface area contributed by atoms with Crippen molar-refractivity contribution in [3.63, 3.8) is 0 Å². The number of thiazole rings is 1. The first-order chi connectivity index (χ1) is 9.16. The second-order valence-corrected chi connectivity index (χ2v) is 5.25. The molecule has 5 heteroatoms. The van der Waals surface area contributed by atoms with E-state index in [4.69, 9.17) is 0 Å². The number of carbonyl (C=O) groups excluding carboxylic acids is 1. The molecule has 100 valence electrons. The summed E-state index contributed by atoms with van der Waals surface area (Å²) in [5, 5.41) is 2.79. The highest BCUT2D eigenvalue weighted by Crippen LogP contribution is 2.11. The zero-order valence-electron chi connectivity index (χ0n) is 10.7. The Bertz CT molecular complexity index is 542. The summed E-state index contributed by atoms with van der Waals surface area (Å²) >= 11 is 1.52. The summed E-state index contributed by atoms with van der Waals surface area (Å²) in [4.78, 5) is 17.7. The van der Waals surface area contributed by atoms with Crippen LogP contribution in [0.3, 0.4) is 0 Å². The molecule has 0 N–H and O–H groups in total. The van der Waals surface area contributed by atoms with E-state index in [9.17, 15) is 9.18 Å². The van der Waals surface area contributed by atoms with Gasteiger partial charge in [-0.3, -0.25) is 4.79 Å². The van der Waals surface area contributed by atoms with Crippen LogP contribution in [0.4, 0.5) is 4.39 Å². The highest BCUT2D eigenvalue weighted by atomic mass is 32.1. The standard InChI is InChI=1S/C14H15FN2OS/c1-17(10-13-16-8-9-19-13)14(18)7-6-11-4-2-3-5-12(11)15/h2-5,8-9H,6-7,10H2,1H3. The van der Waals surface area contributed by atoms with E-state index in [1.807, 2.05) is 5.38 Å². The SMILES string of the molecule is CN(Cc1nccs1)C(=O)CCc1ccccc1F. The van der Waals surface area contributed by atoms with Crippen LogP contribution in [0.1, 0.15) is 17.0 Å². The van der Waals surface area contributed by atoms with E-state index in [1.165, 1.54) is 17.4 Å². The molecule has 1 aromatic heterocycles. The number of nitrogens with zero attached hydrogens (tertiary/aromatic N) is 2. The van der Waals surface area contributed by atoms with Crippen LogP contribution in [0.5, 0.6) is 0 Å². The van der Waals surface area contributed by atoms with Gasteiger partial charge in [-0.15, -0.1) is 11.3 Å². The van der Waals surface area contributed by atoms with Crippen LogP contribution < -0.4 is 0 Å². The quantitative estimate of drug-likeness (QED) is 0.842. The highest BCUT2D eigenvalue weighted by Gasteiger charge is 2.11. The molecular weight excluding hydrogens is 263 g/mol. The van der Waals surface area contributed by atoms with Crippen molar-refractivity contribution in [2.24, 2.45) is 0 Å². The Labute approximate surface area is 115 Å². The Hall–Kier alpha value is -1.75. The van der Waals surface area contributed by atoms with E-state index in [0.717, 1.165) is 5.01 Å². The fraction of sp³-hybridized carbons (Fsp3) is 0.286. The third kappa shape index (κ3) is 3.86. The summed E-state index contributed by atoms with van der Waals surface area (Å²) in [6.45, 7) is 0.508. The van der Waals surface area contributed by atoms with Crippen molar-refractivity contribution < 1.29 is 9.18 Å². The lowest BCUT2D eigenvalue weighted by molar-refractivity contribution is -0.130. The number of benzene rings is 1. The molecule has 0 aliphatic heterocycles. The molecule has 19 heavy (non-hydrogen) atoms. The smallest absolute Gasteiger partial charge is 0.223 e. The molecule has 0 unspecified atom stereocenters. The minimum absolute atomic E-state index is 0.00143. The van der Waals surface area contributed by atoms with Gasteiger partial charge in [-0.2, -0.15) is 0 Å². The van der Waals surface area contributed by atoms with Crippen LogP contribution in [-0.2, 0) is 17.8 Å². The Morgan fingerprint density at radius 2 is 2.21 bits per heavy atom. The maximum Gasteiger partial charge on any atom is 0.223 e. The van der Waals surface area contributed by atoms with Gasteiger partial charge in [-0.1, -0.05) is 18.2 Å². The van der Waals surface area contributed by atoms with Gasteiger partial charge in [0, 0.05) is 25.0 Å². The van der Waals surface area contributed by atoms with Gasteiger partial charge >= 0.3 is 0 Å². The zero-order valence-corrected chi connectivity index (χ0v) is 11.5. The van der Waals surface area contributed by atoms with Crippen molar-refractivity contribution >= 4 is 17.2 Å². The van der Waals surface area contributed by atoms with E-state index >= 15 is 0 Å². The van der Waals surface area contributed by atoms with Gasteiger partial charge in [-0.05, 0) is 18.1 Å². The number of halogens is 1. The molecule has 0 spiro atoms. The Balaban J connectivity index is 1.86. The summed E-state index contributed by atoms with van der Waals surface area (Å²) in [6.07, 6.45) is 2.45. The first kappa shape index (κ1) is 13.7. The van der Waals surface area contributed by atoms with Crippen LogP contribution in [0.15, 0.2) is 35.8 Å². The molecular formula is C14H15FN2OS. The molecule has 1 heterocycles. The minimum Gasteiger partial charge on any atom is -0.339 e. The number of hydrogen-bond donors (Lipinski definition) is 0. The fourth-order valence-corrected chi connectivity index (χ4v) is 2.42. The maximum absolute atomic E-state index is 13.4. The van der Waals surface area contributed by atoms with Crippen molar-refractivity contribution in [2.45, 2.75) is 19.4 Å². The molecule has 0 saturated heterocycles. The lowest BCUT2D eigenvalue weighted by Crippen LogP contribution is -2.26. The van der Waals surface area contributed by atoms with Crippen LogP contribution >= 0.6 is 11.3 Å². The van der Waals surface area contributed by atoms with Gasteiger partial charge in [0.2, 0.25) is 5.91 Å². The zero-order chi connectivity index (χ0) is 13.7. The van der Waals surface area contributed by atoms with Crippen LogP contribution in [0, 0.1) is 5.82 Å². The molecule has 0 fully saturated rings. The Kier molecular flexibility index (Phi) is 4.63. The average Bonchev–Trinajstić information content (AvgIpc) is 2.90. The Morgan fingerprint density at radius 3 is 2.89 bits per heavy atom. The molecule has 0 aliphatic carbocycles. The third-order valence-electron chi connectivity index (χ3n) is 2.85. The van der Waals surface area contributed by atoms with Crippen molar-refractivity contribution in [3.05, 3.63) is 52.2 Å². The largest absolute Gasteiger partial charge is 0.339 e. The number of hydrogen-bond acceptors (Lipinski definition) is 3. The summed E-state index contributed by atoms with van der Waals surface area (Å²) in [7, 11) is 1.74. The molecule has 0 aliphatic rings. The normalized spacial score (nSPS) is 10.4. The minimum atomic E-state index is -0.252. The lowest BCUT2D eigenvalue weighted by Gasteiger charge is -2.15. The van der Waals surface area contributed by atoms with Gasteiger partial charge in [0.1, 0.15) is 10.8 Å². The molecule has 2 rings (SSSR count). The topological polar surface area (TPSA) is 33.2 Å². The number of amides is 1. The van der Waals surface area contributed by atoms with Gasteiger partial charge in [0.05, 0.1) is 6.54 Å². The predicted molar refractivity (Wildman–Crippen MR) is 73.3 cm³/mol. The van der Waals surface area contributed by atoms with Gasteiger partial charge in [-0.25, -0.2) is 9.37 Å². The molecule has 1 amide bonds. The number of aryl methyl sites for hydroxylation is 1. The molecule has 0 radical (unpaired) electrons. The van der Waals surface area contributed by atoms with Crippen molar-refractivity contribution in [2.75, 3.05) is 7.05 Å². The van der Waals surface area contributed by atoms with Crippen LogP contribution in [0.2, 0.25) is 0 Å². The third-order valence-corrected chi connectivity index (χ3v) is 3.61. The van der Waals surface area contributed by atoms with Gasteiger partial charge in [0.15, 0.2) is 0 Å². The Morgan fingerprint density at radius 1 is 1.42 bits per heavy atom. The monoisotopic (exact) mass is 278 g/mol. The first-order valence-electron chi connectivity index (χ1n) is 6.02. The molecule has 0 bridgehead atoms. The van der Waals surface area contributed by atoms with Crippen molar-refractivity contribution in [1.29, 1.82) is 0 Å². The molecule has 3 nitrogen and oxygen atoms in total. The van der Waals surface area contributed by atoms with E-state index in [-0.39, 0.29) is 11.7 Å². The van der Waals surface area contributed by atoms with Crippen LogP contribution in [-0.4, -0.2) is 22.8 Å². The van der Waals surface area contributed by atoms with Gasteiger partial charge in [0.25, 0.3) is 0 Å². The van der Waals surface area contributed by atoms with Crippen LogP contribution in [0.25, 0.3) is 0 Å². The van der Waals surface area contributed by atoms with E-state index in [0.29, 0.717) is 24.9 Å². The summed E-state index contributed by atoms with van der Waals surface area (Å²) in [5.41, 5.74) is 0.582. The maximum atomic E-state index is 13.4. The van der Waals surface area contributed by atoms with E-state index in [2.05, 4.69) is 4.98 Å². The number of aromatic nitrogens is 1. The second-order valence-electron chi connectivity index (χ2n) is 4.27. The average molecular weight is 278 g/mol. The molecule has 0 atom stereocenters. The lowest BCUT2D eigenvalue weighted by atomic mass is 10.1. The summed E-state index contributed by atoms with van der Waals surface area (Å²) in [6, 6.07) is 6.56.